The SMILES string of the molecule is COc1cc([C@H](O)[P@](=O)(O[C@@H]2C[C@H](C)CC[C@H]2C(C)C)c2ccc(N(C)C)cc2)cc(OC)c1OC. The number of hydrogen-bond donors (Lipinski definition) is 1. The number of aliphatic hydroxyl groups is 1. The summed E-state index contributed by atoms with van der Waals surface area (Å²) >= 11 is 0. The fourth-order valence-electron chi connectivity index (χ4n) is 5.10. The van der Waals surface area contributed by atoms with E-state index in [-0.39, 0.29) is 12.0 Å². The third-order valence-corrected chi connectivity index (χ3v) is 9.83. The van der Waals surface area contributed by atoms with Gasteiger partial charge in [0, 0.05) is 25.1 Å². The third-order valence-electron chi connectivity index (χ3n) is 7.29. The lowest BCUT2D eigenvalue weighted by Crippen LogP contribution is -2.35. The van der Waals surface area contributed by atoms with Gasteiger partial charge in [0.1, 0.15) is 0 Å². The van der Waals surface area contributed by atoms with Crippen LogP contribution in [0.1, 0.15) is 51.4 Å². The molecule has 0 amide bonds. The lowest BCUT2D eigenvalue weighted by molar-refractivity contribution is 0.0427. The summed E-state index contributed by atoms with van der Waals surface area (Å²) in [5, 5.41) is 12.2. The van der Waals surface area contributed by atoms with Gasteiger partial charge in [-0.25, -0.2) is 0 Å². The van der Waals surface area contributed by atoms with Gasteiger partial charge in [-0.15, -0.1) is 0 Å². The second-order valence-electron chi connectivity index (χ2n) is 10.3. The van der Waals surface area contributed by atoms with Crippen molar-refractivity contribution >= 4 is 18.4 Å². The molecule has 8 heteroatoms. The van der Waals surface area contributed by atoms with E-state index in [1.807, 2.05) is 31.1 Å². The molecule has 200 valence electrons. The first-order valence-electron chi connectivity index (χ1n) is 12.6. The fourth-order valence-corrected chi connectivity index (χ4v) is 7.37. The molecule has 0 radical (unpaired) electrons. The average Bonchev–Trinajstić information content (AvgIpc) is 2.87. The zero-order chi connectivity index (χ0) is 26.6. The highest BCUT2D eigenvalue weighted by Crippen LogP contribution is 2.61. The van der Waals surface area contributed by atoms with Crippen LogP contribution in [-0.2, 0) is 9.09 Å². The van der Waals surface area contributed by atoms with Crippen molar-refractivity contribution in [3.05, 3.63) is 42.0 Å². The molecule has 2 aromatic carbocycles. The highest BCUT2D eigenvalue weighted by Gasteiger charge is 2.43. The van der Waals surface area contributed by atoms with E-state index >= 15 is 0 Å². The Kier molecular flexibility index (Phi) is 9.37. The quantitative estimate of drug-likeness (QED) is 0.395. The van der Waals surface area contributed by atoms with Crippen LogP contribution in [0.15, 0.2) is 36.4 Å². The fraction of sp³-hybridized carbons (Fsp3) is 0.571. The molecule has 0 aromatic heterocycles. The van der Waals surface area contributed by atoms with Crippen molar-refractivity contribution in [2.75, 3.05) is 40.3 Å². The summed E-state index contributed by atoms with van der Waals surface area (Å²) in [6, 6.07) is 10.7. The van der Waals surface area contributed by atoms with Crippen molar-refractivity contribution in [3.63, 3.8) is 0 Å². The molecule has 0 bridgehead atoms. The third kappa shape index (κ3) is 5.85. The molecule has 3 rings (SSSR count). The minimum atomic E-state index is -3.81. The molecule has 1 aliphatic carbocycles. The lowest BCUT2D eigenvalue weighted by atomic mass is 9.75. The van der Waals surface area contributed by atoms with Crippen LogP contribution in [-0.4, -0.2) is 46.6 Å². The van der Waals surface area contributed by atoms with E-state index < -0.39 is 13.2 Å². The zero-order valence-corrected chi connectivity index (χ0v) is 23.7. The summed E-state index contributed by atoms with van der Waals surface area (Å²) in [5.74, 6) is 0.865. The Morgan fingerprint density at radius 1 is 0.972 bits per heavy atom. The Balaban J connectivity index is 2.13. The standard InChI is InChI=1S/C28H42NO6P/c1-18(2)23-14-9-19(3)15-24(23)35-36(31,22-12-10-21(11-13-22)29(4)5)28(30)20-16-25(32-6)27(34-8)26(17-20)33-7/h10-13,16-19,23-24,28,30H,9,14-15H2,1-8H3/t19-,23+,24-,28-,36-/m1/s1. The molecular formula is C28H42NO6P. The van der Waals surface area contributed by atoms with Crippen molar-refractivity contribution in [2.24, 2.45) is 17.8 Å². The summed E-state index contributed by atoms with van der Waals surface area (Å²) in [5.41, 5.74) is 1.35. The van der Waals surface area contributed by atoms with Crippen LogP contribution in [0.5, 0.6) is 17.2 Å². The van der Waals surface area contributed by atoms with Crippen LogP contribution in [0.3, 0.4) is 0 Å². The number of benzene rings is 2. The van der Waals surface area contributed by atoms with Crippen molar-refractivity contribution in [3.8, 4) is 17.2 Å². The predicted octanol–water partition coefficient (Wildman–Crippen LogP) is 5.85. The van der Waals surface area contributed by atoms with Gasteiger partial charge >= 0.3 is 0 Å². The van der Waals surface area contributed by atoms with E-state index in [9.17, 15) is 9.67 Å². The molecule has 5 atom stereocenters. The Morgan fingerprint density at radius 2 is 1.56 bits per heavy atom. The van der Waals surface area contributed by atoms with Crippen molar-refractivity contribution < 1.29 is 28.4 Å². The molecule has 0 aliphatic heterocycles. The minimum Gasteiger partial charge on any atom is -0.493 e. The van der Waals surface area contributed by atoms with E-state index in [0.29, 0.717) is 40.0 Å². The van der Waals surface area contributed by atoms with E-state index in [1.54, 1.807) is 24.3 Å². The van der Waals surface area contributed by atoms with Gasteiger partial charge in [-0.05, 0) is 72.6 Å². The van der Waals surface area contributed by atoms with Crippen LogP contribution >= 0.6 is 7.37 Å². The van der Waals surface area contributed by atoms with E-state index in [2.05, 4.69) is 20.8 Å². The number of rotatable bonds is 10. The number of ether oxygens (including phenoxy) is 3. The largest absolute Gasteiger partial charge is 0.493 e. The Hall–Kier alpha value is -2.21. The Morgan fingerprint density at radius 3 is 2.03 bits per heavy atom. The monoisotopic (exact) mass is 519 g/mol. The van der Waals surface area contributed by atoms with Gasteiger partial charge < -0.3 is 28.7 Å². The van der Waals surface area contributed by atoms with Gasteiger partial charge in [-0.3, -0.25) is 4.57 Å². The molecule has 0 heterocycles. The molecule has 1 fully saturated rings. The first-order valence-corrected chi connectivity index (χ1v) is 14.3. The summed E-state index contributed by atoms with van der Waals surface area (Å²) in [4.78, 5) is 1.98. The van der Waals surface area contributed by atoms with Crippen LogP contribution in [0.25, 0.3) is 0 Å². The summed E-state index contributed by atoms with van der Waals surface area (Å²) in [7, 11) is 4.64. The second-order valence-corrected chi connectivity index (χ2v) is 12.7. The maximum atomic E-state index is 14.9. The Bertz CT molecular complexity index is 1030. The lowest BCUT2D eigenvalue weighted by Gasteiger charge is -2.40. The number of nitrogens with zero attached hydrogens (tertiary/aromatic N) is 1. The maximum Gasteiger partial charge on any atom is 0.264 e. The average molecular weight is 520 g/mol. The molecule has 36 heavy (non-hydrogen) atoms. The van der Waals surface area contributed by atoms with Crippen LogP contribution in [0, 0.1) is 17.8 Å². The van der Waals surface area contributed by atoms with Crippen molar-refractivity contribution in [1.82, 2.24) is 0 Å². The van der Waals surface area contributed by atoms with Gasteiger partial charge in [0.2, 0.25) is 5.75 Å². The molecule has 1 saturated carbocycles. The van der Waals surface area contributed by atoms with E-state index in [4.69, 9.17) is 18.7 Å². The molecule has 1 aliphatic rings. The normalized spacial score (nSPS) is 22.6. The zero-order valence-electron chi connectivity index (χ0n) is 22.9. The predicted molar refractivity (Wildman–Crippen MR) is 145 cm³/mol. The maximum absolute atomic E-state index is 14.9. The second kappa shape index (κ2) is 11.9. The van der Waals surface area contributed by atoms with Gasteiger partial charge in [-0.1, -0.05) is 27.2 Å². The number of aliphatic hydroxyl groups excluding tert-OH is 1. The van der Waals surface area contributed by atoms with Gasteiger partial charge in [0.15, 0.2) is 17.3 Å². The number of methoxy groups -OCH3 is 3. The topological polar surface area (TPSA) is 77.5 Å². The first-order chi connectivity index (χ1) is 17.0. The van der Waals surface area contributed by atoms with Crippen LogP contribution < -0.4 is 24.4 Å². The molecule has 7 nitrogen and oxygen atoms in total. The van der Waals surface area contributed by atoms with Crippen LogP contribution in [0.4, 0.5) is 5.69 Å². The molecule has 0 spiro atoms. The van der Waals surface area contributed by atoms with Crippen LogP contribution in [0.2, 0.25) is 0 Å². The summed E-state index contributed by atoms with van der Waals surface area (Å²) in [6.45, 7) is 6.58. The number of anilines is 1. The molecule has 1 N–H and O–H groups in total. The van der Waals surface area contributed by atoms with E-state index in [0.717, 1.165) is 24.9 Å². The number of hydrogen-bond acceptors (Lipinski definition) is 7. The summed E-state index contributed by atoms with van der Waals surface area (Å²) < 4.78 is 37.9. The highest BCUT2D eigenvalue weighted by atomic mass is 31.2. The van der Waals surface area contributed by atoms with Gasteiger partial charge in [-0.2, -0.15) is 0 Å². The summed E-state index contributed by atoms with van der Waals surface area (Å²) in [6.07, 6.45) is 2.73. The van der Waals surface area contributed by atoms with E-state index in [1.165, 1.54) is 21.3 Å². The molecule has 0 unspecified atom stereocenters. The molecular weight excluding hydrogens is 477 g/mol. The first kappa shape index (κ1) is 28.4. The van der Waals surface area contributed by atoms with Gasteiger partial charge in [0.25, 0.3) is 7.37 Å². The smallest absolute Gasteiger partial charge is 0.264 e. The minimum absolute atomic E-state index is 0.218. The molecule has 2 aromatic rings. The highest BCUT2D eigenvalue weighted by molar-refractivity contribution is 7.67. The van der Waals surface area contributed by atoms with Crippen molar-refractivity contribution in [2.45, 2.75) is 52.0 Å². The van der Waals surface area contributed by atoms with Crippen molar-refractivity contribution in [1.29, 1.82) is 0 Å². The molecule has 0 saturated heterocycles. The Labute approximate surface area is 216 Å². The van der Waals surface area contributed by atoms with Gasteiger partial charge in [0.05, 0.1) is 27.4 Å².